The van der Waals surface area contributed by atoms with E-state index in [-0.39, 0.29) is 15.7 Å². The number of carbonyl (C=O) groups excluding carboxylic acids is 2. The van der Waals surface area contributed by atoms with Crippen LogP contribution in [0.25, 0.3) is 0 Å². The molecule has 1 saturated heterocycles. The standard InChI is InChI=1S/C16H11Cl2NO4S/c17-12-7-6-11(8-13(12)18)19-14(20)9-24(22,23)15(16(19)21)10-4-2-1-3-5-10/h1-8,15H,9H2/t15-/m1/s1. The average molecular weight is 384 g/mol. The van der Waals surface area contributed by atoms with E-state index >= 15 is 0 Å². The van der Waals surface area contributed by atoms with Crippen molar-refractivity contribution < 1.29 is 18.0 Å². The van der Waals surface area contributed by atoms with Crippen LogP contribution in [-0.2, 0) is 19.4 Å². The van der Waals surface area contributed by atoms with Crippen LogP contribution < -0.4 is 4.90 Å². The van der Waals surface area contributed by atoms with Crippen molar-refractivity contribution in [3.8, 4) is 0 Å². The molecule has 1 fully saturated rings. The number of halogens is 2. The largest absolute Gasteiger partial charge is 0.273 e. The summed E-state index contributed by atoms with van der Waals surface area (Å²) in [7, 11) is -3.93. The number of benzene rings is 2. The van der Waals surface area contributed by atoms with Crippen molar-refractivity contribution in [1.82, 2.24) is 0 Å². The Kier molecular flexibility index (Phi) is 4.38. The lowest BCUT2D eigenvalue weighted by Gasteiger charge is -2.30. The van der Waals surface area contributed by atoms with Gasteiger partial charge in [-0.1, -0.05) is 53.5 Å². The minimum absolute atomic E-state index is 0.166. The molecule has 0 saturated carbocycles. The van der Waals surface area contributed by atoms with E-state index in [1.807, 2.05) is 0 Å². The average Bonchev–Trinajstić information content (AvgIpc) is 2.50. The zero-order valence-corrected chi connectivity index (χ0v) is 14.5. The molecule has 3 rings (SSSR count). The summed E-state index contributed by atoms with van der Waals surface area (Å²) in [5, 5.41) is -0.991. The molecule has 124 valence electrons. The van der Waals surface area contributed by atoms with Crippen molar-refractivity contribution in [3.63, 3.8) is 0 Å². The van der Waals surface area contributed by atoms with Gasteiger partial charge in [0.2, 0.25) is 5.91 Å². The van der Waals surface area contributed by atoms with Crippen molar-refractivity contribution in [1.29, 1.82) is 0 Å². The Morgan fingerprint density at radius 3 is 2.25 bits per heavy atom. The molecule has 8 heteroatoms. The normalized spacial score (nSPS) is 20.2. The van der Waals surface area contributed by atoms with Crippen molar-refractivity contribution >= 4 is 50.5 Å². The molecule has 0 N–H and O–H groups in total. The van der Waals surface area contributed by atoms with Crippen LogP contribution in [0.2, 0.25) is 10.0 Å². The molecule has 0 unspecified atom stereocenters. The Morgan fingerprint density at radius 2 is 1.62 bits per heavy atom. The van der Waals surface area contributed by atoms with Gasteiger partial charge in [-0.05, 0) is 23.8 Å². The number of hydrogen-bond acceptors (Lipinski definition) is 4. The molecule has 2 aromatic rings. The highest BCUT2D eigenvalue weighted by Crippen LogP contribution is 2.34. The first-order valence-electron chi connectivity index (χ1n) is 6.89. The van der Waals surface area contributed by atoms with Crippen molar-refractivity contribution in [2.24, 2.45) is 0 Å². The van der Waals surface area contributed by atoms with Crippen molar-refractivity contribution in [2.45, 2.75) is 5.25 Å². The summed E-state index contributed by atoms with van der Waals surface area (Å²) in [5.41, 5.74) is 0.510. The van der Waals surface area contributed by atoms with Gasteiger partial charge >= 0.3 is 0 Å². The highest BCUT2D eigenvalue weighted by molar-refractivity contribution is 7.93. The molecule has 0 radical (unpaired) electrons. The van der Waals surface area contributed by atoms with Gasteiger partial charge in [-0.3, -0.25) is 9.59 Å². The summed E-state index contributed by atoms with van der Waals surface area (Å²) in [4.78, 5) is 25.9. The Morgan fingerprint density at radius 1 is 0.958 bits per heavy atom. The molecule has 0 aliphatic carbocycles. The van der Waals surface area contributed by atoms with E-state index in [0.29, 0.717) is 5.56 Å². The van der Waals surface area contributed by atoms with Crippen molar-refractivity contribution in [2.75, 3.05) is 10.7 Å². The number of carbonyl (C=O) groups is 2. The van der Waals surface area contributed by atoms with Crippen LogP contribution >= 0.6 is 23.2 Å². The van der Waals surface area contributed by atoms with E-state index in [9.17, 15) is 18.0 Å². The molecule has 5 nitrogen and oxygen atoms in total. The van der Waals surface area contributed by atoms with Gasteiger partial charge in [0.05, 0.1) is 15.7 Å². The number of imide groups is 1. The molecule has 2 aromatic carbocycles. The summed E-state index contributed by atoms with van der Waals surface area (Å²) in [6, 6.07) is 12.3. The Balaban J connectivity index is 2.10. The van der Waals surface area contributed by atoms with Crippen LogP contribution in [-0.4, -0.2) is 26.0 Å². The van der Waals surface area contributed by atoms with E-state index in [2.05, 4.69) is 0 Å². The highest BCUT2D eigenvalue weighted by atomic mass is 35.5. The van der Waals surface area contributed by atoms with Crippen molar-refractivity contribution in [3.05, 3.63) is 64.1 Å². The first-order valence-corrected chi connectivity index (χ1v) is 9.37. The second kappa shape index (κ2) is 6.20. The Labute approximate surface area is 148 Å². The molecule has 2 amide bonds. The minimum atomic E-state index is -3.93. The Hall–Kier alpha value is -1.89. The van der Waals surface area contributed by atoms with Gasteiger partial charge in [-0.2, -0.15) is 0 Å². The van der Waals surface area contributed by atoms with Crippen LogP contribution in [0.4, 0.5) is 5.69 Å². The number of hydrogen-bond donors (Lipinski definition) is 0. The minimum Gasteiger partial charge on any atom is -0.273 e. The molecule has 0 spiro atoms. The molecule has 0 bridgehead atoms. The number of amides is 2. The van der Waals surface area contributed by atoms with E-state index in [4.69, 9.17) is 23.2 Å². The predicted octanol–water partition coefficient (Wildman–Crippen LogP) is 3.02. The first-order chi connectivity index (χ1) is 11.3. The summed E-state index contributed by atoms with van der Waals surface area (Å²) >= 11 is 11.8. The van der Waals surface area contributed by atoms with Gasteiger partial charge in [0.25, 0.3) is 5.91 Å². The summed E-state index contributed by atoms with van der Waals surface area (Å²) in [6.07, 6.45) is 0. The quantitative estimate of drug-likeness (QED) is 0.747. The molecule has 1 heterocycles. The van der Waals surface area contributed by atoms with E-state index in [1.165, 1.54) is 18.2 Å². The predicted molar refractivity (Wildman–Crippen MR) is 91.9 cm³/mol. The third-order valence-electron chi connectivity index (χ3n) is 3.64. The number of sulfone groups is 1. The Bertz CT molecular complexity index is 928. The van der Waals surface area contributed by atoms with Gasteiger partial charge in [0.1, 0.15) is 5.75 Å². The second-order valence-corrected chi connectivity index (χ2v) is 8.16. The van der Waals surface area contributed by atoms with Gasteiger partial charge in [-0.25, -0.2) is 13.3 Å². The molecular formula is C16H11Cl2NO4S. The molecule has 24 heavy (non-hydrogen) atoms. The summed E-state index contributed by atoms with van der Waals surface area (Å²) in [5.74, 6) is -2.39. The lowest BCUT2D eigenvalue weighted by molar-refractivity contribution is -0.125. The van der Waals surface area contributed by atoms with Gasteiger partial charge in [0, 0.05) is 0 Å². The zero-order chi connectivity index (χ0) is 17.5. The highest BCUT2D eigenvalue weighted by Gasteiger charge is 2.46. The zero-order valence-electron chi connectivity index (χ0n) is 12.1. The summed E-state index contributed by atoms with van der Waals surface area (Å²) < 4.78 is 24.8. The lowest BCUT2D eigenvalue weighted by atomic mass is 10.1. The smallest absolute Gasteiger partial charge is 0.256 e. The maximum atomic E-state index is 12.8. The molecule has 1 atom stereocenters. The monoisotopic (exact) mass is 383 g/mol. The first kappa shape index (κ1) is 17.0. The third kappa shape index (κ3) is 2.92. The lowest BCUT2D eigenvalue weighted by Crippen LogP contribution is -2.51. The van der Waals surface area contributed by atoms with Gasteiger partial charge < -0.3 is 0 Å². The van der Waals surface area contributed by atoms with Crippen LogP contribution in [0.3, 0.4) is 0 Å². The molecule has 0 aromatic heterocycles. The maximum Gasteiger partial charge on any atom is 0.256 e. The molecular weight excluding hydrogens is 373 g/mol. The molecule has 1 aliphatic rings. The van der Waals surface area contributed by atoms with Crippen LogP contribution in [0.15, 0.2) is 48.5 Å². The van der Waals surface area contributed by atoms with Gasteiger partial charge in [0.15, 0.2) is 15.1 Å². The number of nitrogens with zero attached hydrogens (tertiary/aromatic N) is 1. The molecule has 1 aliphatic heterocycles. The number of anilines is 1. The van der Waals surface area contributed by atoms with Crippen LogP contribution in [0, 0.1) is 0 Å². The van der Waals surface area contributed by atoms with E-state index in [1.54, 1.807) is 30.3 Å². The SMILES string of the molecule is O=C1CS(=O)(=O)[C@H](c2ccccc2)C(=O)N1c1ccc(Cl)c(Cl)c1. The fraction of sp³-hybridized carbons (Fsp3) is 0.125. The topological polar surface area (TPSA) is 71.5 Å². The third-order valence-corrected chi connectivity index (χ3v) is 6.22. The van der Waals surface area contributed by atoms with Crippen LogP contribution in [0.5, 0.6) is 0 Å². The van der Waals surface area contributed by atoms with E-state index in [0.717, 1.165) is 4.90 Å². The summed E-state index contributed by atoms with van der Waals surface area (Å²) in [6.45, 7) is 0. The van der Waals surface area contributed by atoms with E-state index < -0.39 is 32.7 Å². The fourth-order valence-electron chi connectivity index (χ4n) is 2.59. The van der Waals surface area contributed by atoms with Crippen LogP contribution in [0.1, 0.15) is 10.8 Å². The van der Waals surface area contributed by atoms with Gasteiger partial charge in [-0.15, -0.1) is 0 Å². The fourth-order valence-corrected chi connectivity index (χ4v) is 4.50. The maximum absolute atomic E-state index is 12.8. The number of rotatable bonds is 2. The second-order valence-electron chi connectivity index (χ2n) is 5.26.